The average Bonchev–Trinajstić information content (AvgIpc) is 2.82. The van der Waals surface area contributed by atoms with Crippen LogP contribution in [-0.2, 0) is 37.9 Å². The minimum absolute atomic E-state index is 0.0110. The van der Waals surface area contributed by atoms with E-state index in [1.807, 2.05) is 55.4 Å². The van der Waals surface area contributed by atoms with E-state index in [0.717, 1.165) is 0 Å². The lowest BCUT2D eigenvalue weighted by atomic mass is 10.3. The summed E-state index contributed by atoms with van der Waals surface area (Å²) in [6, 6.07) is 0. The van der Waals surface area contributed by atoms with Gasteiger partial charge in [-0.25, -0.2) is 0 Å². The molecular weight excluding hydrogens is 456 g/mol. The molecule has 8 unspecified atom stereocenters. The van der Waals surface area contributed by atoms with Crippen LogP contribution in [-0.4, -0.2) is 113 Å². The topological polar surface area (TPSA) is 94.1 Å². The molecular formula is C26H54O9. The molecule has 0 saturated heterocycles. The van der Waals surface area contributed by atoms with Crippen molar-refractivity contribution < 1.29 is 43.0 Å². The summed E-state index contributed by atoms with van der Waals surface area (Å²) >= 11 is 0. The van der Waals surface area contributed by atoms with Gasteiger partial charge in [0.15, 0.2) is 0 Å². The van der Waals surface area contributed by atoms with Crippen LogP contribution in [0.1, 0.15) is 62.3 Å². The third-order valence-electron chi connectivity index (χ3n) is 4.87. The van der Waals surface area contributed by atoms with Crippen LogP contribution >= 0.6 is 0 Å². The van der Waals surface area contributed by atoms with Gasteiger partial charge in [0.1, 0.15) is 0 Å². The Morgan fingerprint density at radius 1 is 0.400 bits per heavy atom. The Hall–Kier alpha value is -0.360. The number of aliphatic hydroxyl groups is 1. The second-order valence-corrected chi connectivity index (χ2v) is 9.52. The molecule has 0 rings (SSSR count). The van der Waals surface area contributed by atoms with Crippen LogP contribution < -0.4 is 0 Å². The van der Waals surface area contributed by atoms with Crippen molar-refractivity contribution >= 4 is 0 Å². The first-order chi connectivity index (χ1) is 16.5. The molecule has 0 amide bonds. The van der Waals surface area contributed by atoms with Crippen LogP contribution in [0.5, 0.6) is 0 Å². The van der Waals surface area contributed by atoms with Gasteiger partial charge >= 0.3 is 0 Å². The van der Waals surface area contributed by atoms with Crippen LogP contribution in [0.15, 0.2) is 0 Å². The second kappa shape index (κ2) is 21.7. The maximum atomic E-state index is 9.25. The summed E-state index contributed by atoms with van der Waals surface area (Å²) < 4.78 is 45.6. The van der Waals surface area contributed by atoms with Crippen molar-refractivity contribution in [1.82, 2.24) is 0 Å². The standard InChI is InChI=1S/C26H54O9/c1-10-28-12-20(3)30-14-22(5)32-16-24(7)34-18-26(9)35-17-25(8)33-15-23(6)31-13-21(4)29-11-19(2)27/h19-27H,10-18H2,1-9H3. The van der Waals surface area contributed by atoms with Crippen molar-refractivity contribution in [2.24, 2.45) is 0 Å². The molecule has 0 bridgehead atoms. The van der Waals surface area contributed by atoms with Gasteiger partial charge in [0.2, 0.25) is 0 Å². The first-order valence-corrected chi connectivity index (χ1v) is 13.1. The van der Waals surface area contributed by atoms with E-state index in [4.69, 9.17) is 37.9 Å². The van der Waals surface area contributed by atoms with Gasteiger partial charge in [0.05, 0.1) is 102 Å². The predicted octanol–water partition coefficient (Wildman–Crippen LogP) is 3.24. The SMILES string of the molecule is CCOCC(C)OCC(C)OCC(C)OCC(C)OCC(C)OCC(C)OCC(C)OCC(C)O. The highest BCUT2D eigenvalue weighted by atomic mass is 16.6. The lowest BCUT2D eigenvalue weighted by Crippen LogP contribution is -2.30. The highest BCUT2D eigenvalue weighted by Crippen LogP contribution is 2.05. The first kappa shape index (κ1) is 34.6. The first-order valence-electron chi connectivity index (χ1n) is 13.1. The van der Waals surface area contributed by atoms with Gasteiger partial charge in [-0.15, -0.1) is 0 Å². The van der Waals surface area contributed by atoms with E-state index in [-0.39, 0.29) is 42.7 Å². The number of hydrogen-bond donors (Lipinski definition) is 1. The van der Waals surface area contributed by atoms with Crippen LogP contribution in [0, 0.1) is 0 Å². The lowest BCUT2D eigenvalue weighted by molar-refractivity contribution is -0.108. The molecule has 0 aromatic carbocycles. The smallest absolute Gasteiger partial charge is 0.0781 e. The Kier molecular flexibility index (Phi) is 21.5. The zero-order valence-corrected chi connectivity index (χ0v) is 23.7. The van der Waals surface area contributed by atoms with Crippen LogP contribution in [0.3, 0.4) is 0 Å². The van der Waals surface area contributed by atoms with Gasteiger partial charge in [-0.3, -0.25) is 0 Å². The number of aliphatic hydroxyl groups excluding tert-OH is 1. The summed E-state index contributed by atoms with van der Waals surface area (Å²) in [5.74, 6) is 0. The molecule has 35 heavy (non-hydrogen) atoms. The maximum absolute atomic E-state index is 9.25. The fourth-order valence-corrected chi connectivity index (χ4v) is 2.72. The van der Waals surface area contributed by atoms with E-state index in [9.17, 15) is 5.11 Å². The third-order valence-corrected chi connectivity index (χ3v) is 4.87. The number of hydrogen-bond acceptors (Lipinski definition) is 9. The van der Waals surface area contributed by atoms with E-state index in [1.165, 1.54) is 0 Å². The minimum atomic E-state index is -0.475. The van der Waals surface area contributed by atoms with Crippen molar-refractivity contribution in [3.63, 3.8) is 0 Å². The molecule has 0 radical (unpaired) electrons. The lowest BCUT2D eigenvalue weighted by Gasteiger charge is -2.23. The third kappa shape index (κ3) is 22.6. The Morgan fingerprint density at radius 3 is 0.857 bits per heavy atom. The van der Waals surface area contributed by atoms with Gasteiger partial charge < -0.3 is 43.0 Å². The van der Waals surface area contributed by atoms with Gasteiger partial charge in [-0.2, -0.15) is 0 Å². The van der Waals surface area contributed by atoms with E-state index in [1.54, 1.807) is 6.92 Å². The fraction of sp³-hybridized carbons (Fsp3) is 1.00. The monoisotopic (exact) mass is 510 g/mol. The van der Waals surface area contributed by atoms with Crippen molar-refractivity contribution in [3.05, 3.63) is 0 Å². The van der Waals surface area contributed by atoms with Crippen molar-refractivity contribution in [2.75, 3.05) is 59.5 Å². The van der Waals surface area contributed by atoms with Crippen molar-refractivity contribution in [3.8, 4) is 0 Å². The molecule has 1 N–H and O–H groups in total. The molecule has 0 heterocycles. The molecule has 0 saturated carbocycles. The number of rotatable bonds is 24. The molecule has 0 aliphatic carbocycles. The summed E-state index contributed by atoms with van der Waals surface area (Å²) in [4.78, 5) is 0. The van der Waals surface area contributed by atoms with E-state index in [0.29, 0.717) is 59.5 Å². The zero-order chi connectivity index (χ0) is 26.6. The second-order valence-electron chi connectivity index (χ2n) is 9.52. The van der Waals surface area contributed by atoms with Crippen LogP contribution in [0.2, 0.25) is 0 Å². The molecule has 0 spiro atoms. The quantitative estimate of drug-likeness (QED) is 0.210. The highest BCUT2D eigenvalue weighted by molar-refractivity contribution is 4.59. The minimum Gasteiger partial charge on any atom is -0.391 e. The zero-order valence-electron chi connectivity index (χ0n) is 23.7. The largest absolute Gasteiger partial charge is 0.391 e. The van der Waals surface area contributed by atoms with Crippen molar-refractivity contribution in [1.29, 1.82) is 0 Å². The van der Waals surface area contributed by atoms with E-state index >= 15 is 0 Å². The van der Waals surface area contributed by atoms with Gasteiger partial charge in [-0.05, 0) is 62.3 Å². The van der Waals surface area contributed by atoms with E-state index in [2.05, 4.69) is 0 Å². The summed E-state index contributed by atoms with van der Waals surface area (Å²) in [6.45, 7) is 22.0. The molecule has 0 aliphatic heterocycles. The Bertz CT molecular complexity index is 466. The maximum Gasteiger partial charge on any atom is 0.0781 e. The van der Waals surface area contributed by atoms with Crippen molar-refractivity contribution in [2.45, 2.75) is 111 Å². The van der Waals surface area contributed by atoms with Crippen LogP contribution in [0.25, 0.3) is 0 Å². The molecule has 0 aromatic rings. The molecule has 0 aromatic heterocycles. The molecule has 0 aliphatic rings. The summed E-state index contributed by atoms with van der Waals surface area (Å²) in [7, 11) is 0. The van der Waals surface area contributed by atoms with Gasteiger partial charge in [0.25, 0.3) is 0 Å². The average molecular weight is 511 g/mol. The molecule has 0 fully saturated rings. The summed E-state index contributed by atoms with van der Waals surface area (Å²) in [5.41, 5.74) is 0. The molecule has 9 nitrogen and oxygen atoms in total. The fourth-order valence-electron chi connectivity index (χ4n) is 2.72. The van der Waals surface area contributed by atoms with Gasteiger partial charge in [-0.1, -0.05) is 0 Å². The number of ether oxygens (including phenoxy) is 8. The summed E-state index contributed by atoms with van der Waals surface area (Å²) in [5, 5.41) is 9.25. The van der Waals surface area contributed by atoms with Gasteiger partial charge in [0, 0.05) is 6.61 Å². The summed E-state index contributed by atoms with van der Waals surface area (Å²) in [6.07, 6.45) is -0.712. The Balaban J connectivity index is 3.82. The Labute approximate surface area is 214 Å². The van der Waals surface area contributed by atoms with Crippen LogP contribution in [0.4, 0.5) is 0 Å². The molecule has 9 heteroatoms. The normalized spacial score (nSPS) is 19.0. The molecule has 212 valence electrons. The predicted molar refractivity (Wildman–Crippen MR) is 136 cm³/mol. The highest BCUT2D eigenvalue weighted by Gasteiger charge is 2.14. The Morgan fingerprint density at radius 2 is 0.629 bits per heavy atom. The molecule has 8 atom stereocenters. The van der Waals surface area contributed by atoms with E-state index < -0.39 is 6.10 Å².